The molecule has 9 heteroatoms. The molecule has 8 nitrogen and oxygen atoms in total. The van der Waals surface area contributed by atoms with Gasteiger partial charge in [0, 0.05) is 33.7 Å². The van der Waals surface area contributed by atoms with Gasteiger partial charge in [0.1, 0.15) is 11.5 Å². The number of aliphatic hydroxyl groups is 1. The molecule has 1 atom stereocenters. The fourth-order valence-corrected chi connectivity index (χ4v) is 5.42. The molecule has 1 fully saturated rings. The van der Waals surface area contributed by atoms with E-state index in [9.17, 15) is 14.7 Å². The number of H-pyrrole nitrogens is 1. The highest BCUT2D eigenvalue weighted by atomic mass is 79.9. The number of aliphatic hydroxyl groups excluding tert-OH is 1. The van der Waals surface area contributed by atoms with Crippen LogP contribution in [-0.2, 0) is 16.0 Å². The van der Waals surface area contributed by atoms with Crippen LogP contribution in [0, 0.1) is 0 Å². The number of ether oxygens (including phenoxy) is 3. The maximum atomic E-state index is 13.4. The normalized spacial score (nSPS) is 16.6. The number of hydrogen-bond donors (Lipinski definition) is 2. The first kappa shape index (κ1) is 26.4. The van der Waals surface area contributed by atoms with Crippen molar-refractivity contribution in [1.29, 1.82) is 0 Å². The molecule has 1 saturated heterocycles. The lowest BCUT2D eigenvalue weighted by Gasteiger charge is -2.25. The van der Waals surface area contributed by atoms with Gasteiger partial charge in [0.15, 0.2) is 11.5 Å². The number of carbonyl (C=O) groups is 2. The SMILES string of the molecule is COc1ccc2[nH]cc(CCN3C(=O)C(=O)C(=C(O)c4ccc(OC)c(OC)c4)[C@H]3c3cccc(Br)c3)c2c1. The molecule has 0 saturated carbocycles. The predicted octanol–water partition coefficient (Wildman–Crippen LogP) is 5.62. The minimum absolute atomic E-state index is 0.0194. The molecule has 0 aliphatic carbocycles. The molecule has 3 aromatic carbocycles. The van der Waals surface area contributed by atoms with Gasteiger partial charge in [0.05, 0.1) is 32.9 Å². The number of amides is 1. The number of methoxy groups -OCH3 is 3. The van der Waals surface area contributed by atoms with Crippen LogP contribution in [0.4, 0.5) is 0 Å². The maximum absolute atomic E-state index is 13.4. The van der Waals surface area contributed by atoms with Crippen molar-refractivity contribution in [3.63, 3.8) is 0 Å². The van der Waals surface area contributed by atoms with E-state index < -0.39 is 17.7 Å². The standard InChI is InChI=1S/C30H27BrN2O6/c1-37-21-8-9-23-22(15-21)19(16-32-23)11-12-33-27(17-5-4-6-20(31)13-17)26(29(35)30(33)36)28(34)18-7-10-24(38-2)25(14-18)39-3/h4-10,13-16,27,32,34H,11-12H2,1-3H3/t27-/m1/s1. The number of nitrogens with one attached hydrogen (secondary N) is 1. The third kappa shape index (κ3) is 4.85. The lowest BCUT2D eigenvalue weighted by molar-refractivity contribution is -0.139. The number of benzene rings is 3. The summed E-state index contributed by atoms with van der Waals surface area (Å²) in [7, 11) is 4.62. The lowest BCUT2D eigenvalue weighted by atomic mass is 9.95. The van der Waals surface area contributed by atoms with Crippen molar-refractivity contribution in [3.05, 3.63) is 93.6 Å². The Kier molecular flexibility index (Phi) is 7.34. The predicted molar refractivity (Wildman–Crippen MR) is 151 cm³/mol. The molecule has 0 spiro atoms. The van der Waals surface area contributed by atoms with Crippen LogP contribution in [0.25, 0.3) is 16.7 Å². The summed E-state index contributed by atoms with van der Waals surface area (Å²) in [6.45, 7) is 0.259. The lowest BCUT2D eigenvalue weighted by Crippen LogP contribution is -2.31. The number of hydrogen-bond acceptors (Lipinski definition) is 6. The van der Waals surface area contributed by atoms with Crippen molar-refractivity contribution < 1.29 is 28.9 Å². The number of Topliss-reactive ketones (excluding diaryl/α,β-unsaturated/α-hetero) is 1. The smallest absolute Gasteiger partial charge is 0.295 e. The van der Waals surface area contributed by atoms with Gasteiger partial charge in [-0.1, -0.05) is 28.1 Å². The van der Waals surface area contributed by atoms with E-state index in [1.807, 2.05) is 48.7 Å². The molecule has 39 heavy (non-hydrogen) atoms. The van der Waals surface area contributed by atoms with Crippen LogP contribution in [0.3, 0.4) is 0 Å². The third-order valence-electron chi connectivity index (χ3n) is 6.96. The second kappa shape index (κ2) is 10.9. The van der Waals surface area contributed by atoms with Crippen molar-refractivity contribution in [3.8, 4) is 17.2 Å². The van der Waals surface area contributed by atoms with Gasteiger partial charge in [-0.05, 0) is 66.1 Å². The average molecular weight is 591 g/mol. The van der Waals surface area contributed by atoms with Crippen LogP contribution in [0.15, 0.2) is 76.9 Å². The van der Waals surface area contributed by atoms with Gasteiger partial charge >= 0.3 is 0 Å². The molecule has 0 bridgehead atoms. The number of carbonyl (C=O) groups excluding carboxylic acids is 2. The Balaban J connectivity index is 1.57. The van der Waals surface area contributed by atoms with Crippen molar-refractivity contribution >= 4 is 44.3 Å². The molecule has 1 amide bonds. The first-order valence-electron chi connectivity index (χ1n) is 12.3. The van der Waals surface area contributed by atoms with Crippen LogP contribution < -0.4 is 14.2 Å². The van der Waals surface area contributed by atoms with Crippen LogP contribution in [0.1, 0.15) is 22.7 Å². The van der Waals surface area contributed by atoms with E-state index in [-0.39, 0.29) is 17.9 Å². The van der Waals surface area contributed by atoms with Crippen LogP contribution in [-0.4, -0.2) is 54.6 Å². The summed E-state index contributed by atoms with van der Waals surface area (Å²) in [6.07, 6.45) is 2.39. The van der Waals surface area contributed by atoms with Gasteiger partial charge in [0.2, 0.25) is 0 Å². The van der Waals surface area contributed by atoms with Gasteiger partial charge in [-0.25, -0.2) is 0 Å². The molecule has 1 aliphatic heterocycles. The van der Waals surface area contributed by atoms with E-state index in [2.05, 4.69) is 20.9 Å². The molecule has 0 unspecified atom stereocenters. The van der Waals surface area contributed by atoms with Gasteiger partial charge in [-0.15, -0.1) is 0 Å². The number of rotatable bonds is 8. The highest BCUT2D eigenvalue weighted by Crippen LogP contribution is 2.41. The topological polar surface area (TPSA) is 101 Å². The van der Waals surface area contributed by atoms with Gasteiger partial charge < -0.3 is 29.2 Å². The number of aromatic nitrogens is 1. The van der Waals surface area contributed by atoms with Gasteiger partial charge in [0.25, 0.3) is 11.7 Å². The second-order valence-corrected chi connectivity index (χ2v) is 10.0. The van der Waals surface area contributed by atoms with E-state index in [1.54, 1.807) is 25.3 Å². The van der Waals surface area contributed by atoms with Crippen molar-refractivity contribution in [2.24, 2.45) is 0 Å². The highest BCUT2D eigenvalue weighted by molar-refractivity contribution is 9.10. The Morgan fingerprint density at radius 1 is 0.974 bits per heavy atom. The number of aromatic amines is 1. The van der Waals surface area contributed by atoms with Crippen molar-refractivity contribution in [1.82, 2.24) is 9.88 Å². The van der Waals surface area contributed by atoms with Crippen molar-refractivity contribution in [2.45, 2.75) is 12.5 Å². The Morgan fingerprint density at radius 3 is 2.49 bits per heavy atom. The fraction of sp³-hybridized carbons (Fsp3) is 0.200. The van der Waals surface area contributed by atoms with Gasteiger partial charge in [-0.2, -0.15) is 0 Å². The molecule has 1 aliphatic rings. The molecular formula is C30H27BrN2O6. The zero-order chi connectivity index (χ0) is 27.7. The van der Waals surface area contributed by atoms with Crippen LogP contribution in [0.5, 0.6) is 17.2 Å². The second-order valence-electron chi connectivity index (χ2n) is 9.09. The van der Waals surface area contributed by atoms with E-state index in [4.69, 9.17) is 14.2 Å². The third-order valence-corrected chi connectivity index (χ3v) is 7.45. The highest BCUT2D eigenvalue weighted by Gasteiger charge is 2.46. The number of halogens is 1. The summed E-state index contributed by atoms with van der Waals surface area (Å²) in [5.74, 6) is -0.0864. The summed E-state index contributed by atoms with van der Waals surface area (Å²) in [5.41, 5.74) is 3.00. The average Bonchev–Trinajstić information content (AvgIpc) is 3.48. The zero-order valence-corrected chi connectivity index (χ0v) is 23.2. The van der Waals surface area contributed by atoms with E-state index in [0.29, 0.717) is 29.0 Å². The zero-order valence-electron chi connectivity index (χ0n) is 21.7. The Morgan fingerprint density at radius 2 is 1.77 bits per heavy atom. The number of ketones is 1. The van der Waals surface area contributed by atoms with Gasteiger partial charge in [-0.3, -0.25) is 9.59 Å². The Hall–Kier alpha value is -4.24. The summed E-state index contributed by atoms with van der Waals surface area (Å²) >= 11 is 3.49. The monoisotopic (exact) mass is 590 g/mol. The minimum atomic E-state index is -0.782. The van der Waals surface area contributed by atoms with E-state index in [0.717, 1.165) is 26.7 Å². The Labute approximate surface area is 233 Å². The summed E-state index contributed by atoms with van der Waals surface area (Å²) in [4.78, 5) is 31.6. The molecule has 4 aromatic rings. The molecule has 1 aromatic heterocycles. The van der Waals surface area contributed by atoms with Crippen LogP contribution in [0.2, 0.25) is 0 Å². The number of nitrogens with zero attached hydrogens (tertiary/aromatic N) is 1. The molecule has 2 heterocycles. The first-order chi connectivity index (χ1) is 18.9. The molecular weight excluding hydrogens is 564 g/mol. The largest absolute Gasteiger partial charge is 0.507 e. The number of likely N-dealkylation sites (tertiary alicyclic amines) is 1. The van der Waals surface area contributed by atoms with E-state index in [1.165, 1.54) is 19.1 Å². The summed E-state index contributed by atoms with van der Waals surface area (Å²) in [6, 6.07) is 17.2. The van der Waals surface area contributed by atoms with Crippen LogP contribution >= 0.6 is 15.9 Å². The first-order valence-corrected chi connectivity index (χ1v) is 13.1. The minimum Gasteiger partial charge on any atom is -0.507 e. The molecule has 2 N–H and O–H groups in total. The fourth-order valence-electron chi connectivity index (χ4n) is 5.01. The molecule has 0 radical (unpaired) electrons. The summed E-state index contributed by atoms with van der Waals surface area (Å²) < 4.78 is 16.8. The van der Waals surface area contributed by atoms with E-state index >= 15 is 0 Å². The Bertz CT molecular complexity index is 1610. The quantitative estimate of drug-likeness (QED) is 0.157. The molecule has 5 rings (SSSR count). The van der Waals surface area contributed by atoms with Crippen molar-refractivity contribution in [2.75, 3.05) is 27.9 Å². The molecule has 200 valence electrons. The summed E-state index contributed by atoms with van der Waals surface area (Å²) in [5, 5.41) is 12.4. The maximum Gasteiger partial charge on any atom is 0.295 e. The number of fused-ring (bicyclic) bond motifs is 1.